The van der Waals surface area contributed by atoms with Gasteiger partial charge < -0.3 is 15.5 Å². The Morgan fingerprint density at radius 1 is 1.25 bits per heavy atom. The van der Waals surface area contributed by atoms with Gasteiger partial charge in [0.25, 0.3) is 0 Å². The summed E-state index contributed by atoms with van der Waals surface area (Å²) in [6, 6.07) is 3.95. The molecule has 0 aromatic carbocycles. The quantitative estimate of drug-likeness (QED) is 0.716. The summed E-state index contributed by atoms with van der Waals surface area (Å²) < 4.78 is 0. The van der Waals surface area contributed by atoms with E-state index in [-0.39, 0.29) is 5.91 Å². The van der Waals surface area contributed by atoms with Crippen molar-refractivity contribution in [3.05, 3.63) is 23.5 Å². The van der Waals surface area contributed by atoms with Gasteiger partial charge in [0, 0.05) is 38.8 Å². The highest BCUT2D eigenvalue weighted by atomic mass is 32.1. The maximum Gasteiger partial charge on any atom is 0.234 e. The van der Waals surface area contributed by atoms with Crippen LogP contribution in [0.15, 0.2) is 18.6 Å². The SMILES string of the molecule is N#Cc1cnc(Nc2cc(N3CCN(CC(=O)NCC4CC4)CC3)ncn2)s1. The van der Waals surface area contributed by atoms with Gasteiger partial charge in [-0.05, 0) is 18.8 Å². The van der Waals surface area contributed by atoms with Crippen molar-refractivity contribution in [2.24, 2.45) is 5.92 Å². The number of hydrogen-bond acceptors (Lipinski definition) is 9. The van der Waals surface area contributed by atoms with Crippen LogP contribution in [0, 0.1) is 17.2 Å². The number of nitrogens with zero attached hydrogens (tertiary/aromatic N) is 6. The van der Waals surface area contributed by atoms with Crippen molar-refractivity contribution in [3.8, 4) is 6.07 Å². The number of thiazole rings is 1. The zero-order chi connectivity index (χ0) is 19.3. The lowest BCUT2D eigenvalue weighted by molar-refractivity contribution is -0.122. The molecule has 0 atom stereocenters. The Morgan fingerprint density at radius 3 is 2.79 bits per heavy atom. The minimum absolute atomic E-state index is 0.119. The monoisotopic (exact) mass is 398 g/mol. The molecule has 2 aromatic rings. The van der Waals surface area contributed by atoms with Crippen LogP contribution < -0.4 is 15.5 Å². The van der Waals surface area contributed by atoms with Crippen LogP contribution in [-0.2, 0) is 4.79 Å². The third kappa shape index (κ3) is 4.94. The zero-order valence-electron chi connectivity index (χ0n) is 15.5. The molecule has 1 aliphatic carbocycles. The highest BCUT2D eigenvalue weighted by Crippen LogP contribution is 2.27. The molecule has 4 rings (SSSR count). The molecule has 1 aliphatic heterocycles. The molecule has 0 radical (unpaired) electrons. The predicted octanol–water partition coefficient (Wildman–Crippen LogP) is 1.20. The van der Waals surface area contributed by atoms with Crippen molar-refractivity contribution in [3.63, 3.8) is 0 Å². The fourth-order valence-corrected chi connectivity index (χ4v) is 3.68. The largest absolute Gasteiger partial charge is 0.355 e. The number of piperazine rings is 1. The molecule has 2 fully saturated rings. The topological polar surface area (TPSA) is 110 Å². The predicted molar refractivity (Wildman–Crippen MR) is 107 cm³/mol. The van der Waals surface area contributed by atoms with E-state index in [0.29, 0.717) is 28.3 Å². The van der Waals surface area contributed by atoms with Crippen molar-refractivity contribution in [1.82, 2.24) is 25.2 Å². The number of amides is 1. The lowest BCUT2D eigenvalue weighted by atomic mass is 10.3. The van der Waals surface area contributed by atoms with Crippen molar-refractivity contribution < 1.29 is 4.79 Å². The van der Waals surface area contributed by atoms with E-state index in [1.165, 1.54) is 36.7 Å². The van der Waals surface area contributed by atoms with Crippen molar-refractivity contribution in [1.29, 1.82) is 5.26 Å². The maximum absolute atomic E-state index is 12.0. The summed E-state index contributed by atoms with van der Waals surface area (Å²) in [5.74, 6) is 2.31. The van der Waals surface area contributed by atoms with Crippen LogP contribution in [0.3, 0.4) is 0 Å². The van der Waals surface area contributed by atoms with Gasteiger partial charge in [-0.2, -0.15) is 5.26 Å². The van der Waals surface area contributed by atoms with E-state index < -0.39 is 0 Å². The number of nitrogens with one attached hydrogen (secondary N) is 2. The van der Waals surface area contributed by atoms with Crippen LogP contribution in [0.4, 0.5) is 16.8 Å². The first-order valence-corrected chi connectivity index (χ1v) is 10.2. The summed E-state index contributed by atoms with van der Waals surface area (Å²) in [7, 11) is 0. The van der Waals surface area contributed by atoms with Gasteiger partial charge in [0.05, 0.1) is 12.7 Å². The van der Waals surface area contributed by atoms with Gasteiger partial charge in [-0.25, -0.2) is 15.0 Å². The molecule has 1 saturated carbocycles. The van der Waals surface area contributed by atoms with Crippen molar-refractivity contribution in [2.45, 2.75) is 12.8 Å². The van der Waals surface area contributed by atoms with E-state index in [4.69, 9.17) is 5.26 Å². The van der Waals surface area contributed by atoms with E-state index in [1.807, 2.05) is 6.07 Å². The number of hydrogen-bond donors (Lipinski definition) is 2. The van der Waals surface area contributed by atoms with Gasteiger partial charge in [0.15, 0.2) is 5.13 Å². The standard InChI is InChI=1S/C18H22N8OS/c19-8-14-10-21-18(28-14)24-15-7-16(23-12-22-15)26-5-3-25(4-6-26)11-17(27)20-9-13-1-2-13/h7,10,12-13H,1-6,9,11H2,(H,20,27)(H,21,22,23,24). The fourth-order valence-electron chi connectivity index (χ4n) is 3.06. The highest BCUT2D eigenvalue weighted by Gasteiger charge is 2.23. The Balaban J connectivity index is 1.28. The number of anilines is 3. The molecule has 2 aromatic heterocycles. The molecule has 2 N–H and O–H groups in total. The lowest BCUT2D eigenvalue weighted by Gasteiger charge is -2.35. The summed E-state index contributed by atoms with van der Waals surface area (Å²) in [5, 5.41) is 15.7. The number of carbonyl (C=O) groups excluding carboxylic acids is 1. The summed E-state index contributed by atoms with van der Waals surface area (Å²) in [5.41, 5.74) is 0. The first-order valence-electron chi connectivity index (χ1n) is 9.38. The van der Waals surface area contributed by atoms with Crippen LogP contribution >= 0.6 is 11.3 Å². The van der Waals surface area contributed by atoms with E-state index >= 15 is 0 Å². The molecule has 2 aliphatic rings. The van der Waals surface area contributed by atoms with Crippen LogP contribution in [0.5, 0.6) is 0 Å². The molecule has 28 heavy (non-hydrogen) atoms. The number of aromatic nitrogens is 3. The second-order valence-electron chi connectivity index (χ2n) is 7.04. The van der Waals surface area contributed by atoms with Gasteiger partial charge >= 0.3 is 0 Å². The van der Waals surface area contributed by atoms with Crippen LogP contribution in [0.2, 0.25) is 0 Å². The number of carbonyl (C=O) groups is 1. The highest BCUT2D eigenvalue weighted by molar-refractivity contribution is 7.16. The second-order valence-corrected chi connectivity index (χ2v) is 8.07. The van der Waals surface area contributed by atoms with Crippen molar-refractivity contribution in [2.75, 3.05) is 49.5 Å². The molecule has 0 unspecified atom stereocenters. The molecule has 0 spiro atoms. The van der Waals surface area contributed by atoms with E-state index in [1.54, 1.807) is 0 Å². The van der Waals surface area contributed by atoms with E-state index in [2.05, 4.69) is 41.5 Å². The van der Waals surface area contributed by atoms with Gasteiger partial charge in [-0.1, -0.05) is 11.3 Å². The molecule has 0 bridgehead atoms. The molecule has 3 heterocycles. The molecular formula is C18H22N8OS. The number of rotatable bonds is 7. The first kappa shape index (κ1) is 18.6. The zero-order valence-corrected chi connectivity index (χ0v) is 16.3. The van der Waals surface area contributed by atoms with Crippen molar-refractivity contribution >= 4 is 34.0 Å². The van der Waals surface area contributed by atoms with E-state index in [0.717, 1.165) is 38.5 Å². The van der Waals surface area contributed by atoms with Gasteiger partial charge in [0.1, 0.15) is 28.9 Å². The minimum atomic E-state index is 0.119. The Labute approximate surface area is 167 Å². The lowest BCUT2D eigenvalue weighted by Crippen LogP contribution is -2.49. The summed E-state index contributed by atoms with van der Waals surface area (Å²) in [6.07, 6.45) is 5.55. The summed E-state index contributed by atoms with van der Waals surface area (Å²) in [6.45, 7) is 4.54. The Morgan fingerprint density at radius 2 is 2.07 bits per heavy atom. The summed E-state index contributed by atoms with van der Waals surface area (Å²) >= 11 is 1.28. The average Bonchev–Trinajstić information content (AvgIpc) is 3.44. The Kier molecular flexibility index (Phi) is 5.64. The first-order chi connectivity index (χ1) is 13.7. The van der Waals surface area contributed by atoms with Gasteiger partial charge in [-0.15, -0.1) is 0 Å². The number of nitriles is 1. The Hall–Kier alpha value is -2.77. The van der Waals surface area contributed by atoms with Gasteiger partial charge in [0.2, 0.25) is 5.91 Å². The van der Waals surface area contributed by atoms with E-state index in [9.17, 15) is 4.79 Å². The van der Waals surface area contributed by atoms with Crippen LogP contribution in [-0.4, -0.2) is 65.0 Å². The molecule has 146 valence electrons. The van der Waals surface area contributed by atoms with Gasteiger partial charge in [-0.3, -0.25) is 9.69 Å². The average molecular weight is 398 g/mol. The third-order valence-corrected chi connectivity index (χ3v) is 5.67. The van der Waals surface area contributed by atoms with Crippen LogP contribution in [0.1, 0.15) is 17.7 Å². The summed E-state index contributed by atoms with van der Waals surface area (Å²) in [4.78, 5) is 29.7. The molecule has 1 amide bonds. The molecule has 10 heteroatoms. The third-order valence-electron chi connectivity index (χ3n) is 4.85. The maximum atomic E-state index is 12.0. The Bertz CT molecular complexity index is 866. The van der Waals surface area contributed by atoms with Crippen LogP contribution in [0.25, 0.3) is 0 Å². The minimum Gasteiger partial charge on any atom is -0.355 e. The fraction of sp³-hybridized carbons (Fsp3) is 0.500. The molecule has 9 nitrogen and oxygen atoms in total. The second kappa shape index (κ2) is 8.50. The smallest absolute Gasteiger partial charge is 0.234 e. The molecule has 1 saturated heterocycles. The normalized spacial score (nSPS) is 17.2. The molecular weight excluding hydrogens is 376 g/mol.